The Labute approximate surface area is 196 Å². The highest BCUT2D eigenvalue weighted by Gasteiger charge is 2.17. The Kier molecular flexibility index (Phi) is 7.00. The monoisotopic (exact) mass is 516 g/mol. The van der Waals surface area contributed by atoms with Gasteiger partial charge in [-0.1, -0.05) is 6.07 Å². The molecule has 4 rings (SSSR count). The third kappa shape index (κ3) is 5.96. The van der Waals surface area contributed by atoms with Gasteiger partial charge in [-0.2, -0.15) is 20.1 Å². The number of anilines is 4. The summed E-state index contributed by atoms with van der Waals surface area (Å²) in [6.45, 7) is 2.34. The molecule has 3 aromatic rings. The summed E-state index contributed by atoms with van der Waals surface area (Å²) in [5, 5.41) is 18.2. The number of nitrogens with zero attached hydrogens (tertiary/aromatic N) is 6. The fourth-order valence-electron chi connectivity index (χ4n) is 2.95. The third-order valence-corrected chi connectivity index (χ3v) is 5.23. The third-order valence-electron chi connectivity index (χ3n) is 4.56. The molecular formula is C20H18BrFN8O3. The van der Waals surface area contributed by atoms with Gasteiger partial charge >= 0.3 is 0 Å². The van der Waals surface area contributed by atoms with E-state index in [2.05, 4.69) is 46.7 Å². The van der Waals surface area contributed by atoms with E-state index < -0.39 is 4.92 Å². The molecule has 13 heteroatoms. The van der Waals surface area contributed by atoms with Gasteiger partial charge in [0.15, 0.2) is 0 Å². The average molecular weight is 517 g/mol. The molecule has 33 heavy (non-hydrogen) atoms. The van der Waals surface area contributed by atoms with Gasteiger partial charge in [0.1, 0.15) is 5.82 Å². The van der Waals surface area contributed by atoms with Crippen molar-refractivity contribution in [2.75, 3.05) is 41.9 Å². The summed E-state index contributed by atoms with van der Waals surface area (Å²) in [7, 11) is 0. The van der Waals surface area contributed by atoms with Gasteiger partial charge in [0.25, 0.3) is 5.69 Å². The quantitative estimate of drug-likeness (QED) is 0.274. The first-order valence-electron chi connectivity index (χ1n) is 9.82. The highest BCUT2D eigenvalue weighted by atomic mass is 79.9. The van der Waals surface area contributed by atoms with Gasteiger partial charge < -0.3 is 15.0 Å². The van der Waals surface area contributed by atoms with Crippen molar-refractivity contribution in [1.82, 2.24) is 15.0 Å². The molecule has 0 radical (unpaired) electrons. The summed E-state index contributed by atoms with van der Waals surface area (Å²) in [5.41, 5.74) is 3.79. The van der Waals surface area contributed by atoms with Crippen LogP contribution in [0.3, 0.4) is 0 Å². The van der Waals surface area contributed by atoms with Gasteiger partial charge in [-0.05, 0) is 46.3 Å². The summed E-state index contributed by atoms with van der Waals surface area (Å²) >= 11 is 3.15. The Morgan fingerprint density at radius 3 is 2.58 bits per heavy atom. The molecule has 170 valence electrons. The van der Waals surface area contributed by atoms with E-state index in [0.717, 1.165) is 0 Å². The number of nitrogens with one attached hydrogen (secondary N) is 2. The molecule has 0 spiro atoms. The van der Waals surface area contributed by atoms with Crippen LogP contribution in [0.1, 0.15) is 5.56 Å². The first kappa shape index (κ1) is 22.5. The Morgan fingerprint density at radius 1 is 1.12 bits per heavy atom. The lowest BCUT2D eigenvalue weighted by atomic mass is 10.2. The topological polar surface area (TPSA) is 131 Å². The lowest BCUT2D eigenvalue weighted by Gasteiger charge is -2.27. The zero-order chi connectivity index (χ0) is 23.2. The Bertz CT molecular complexity index is 1170. The van der Waals surface area contributed by atoms with Crippen LogP contribution >= 0.6 is 15.9 Å². The van der Waals surface area contributed by atoms with E-state index in [-0.39, 0.29) is 23.4 Å². The van der Waals surface area contributed by atoms with Crippen molar-refractivity contribution < 1.29 is 14.1 Å². The second-order valence-electron chi connectivity index (χ2n) is 6.85. The predicted octanol–water partition coefficient (Wildman–Crippen LogP) is 3.71. The Hall–Kier alpha value is -3.71. The maximum Gasteiger partial charge on any atom is 0.284 e. The molecule has 1 saturated heterocycles. The number of ether oxygens (including phenoxy) is 1. The summed E-state index contributed by atoms with van der Waals surface area (Å²) in [4.78, 5) is 25.8. The van der Waals surface area contributed by atoms with E-state index in [1.54, 1.807) is 24.3 Å². The molecule has 0 saturated carbocycles. The molecule has 2 heterocycles. The molecule has 0 unspecified atom stereocenters. The number of benzene rings is 2. The van der Waals surface area contributed by atoms with Crippen LogP contribution in [-0.4, -0.2) is 52.4 Å². The molecule has 11 nitrogen and oxygen atoms in total. The SMILES string of the molecule is O=[N+]([O-])c1cc(C=NNc2nc(Nc3ccc(F)cc3)nc(N3CCOCC3)n2)ccc1Br. The summed E-state index contributed by atoms with van der Waals surface area (Å²) in [6, 6.07) is 10.4. The second-order valence-corrected chi connectivity index (χ2v) is 7.71. The average Bonchev–Trinajstić information content (AvgIpc) is 2.82. The van der Waals surface area contributed by atoms with Crippen LogP contribution < -0.4 is 15.6 Å². The normalized spacial score (nSPS) is 13.8. The molecule has 2 N–H and O–H groups in total. The van der Waals surface area contributed by atoms with E-state index in [1.165, 1.54) is 24.4 Å². The smallest absolute Gasteiger partial charge is 0.284 e. The van der Waals surface area contributed by atoms with Crippen LogP contribution in [0.5, 0.6) is 0 Å². The lowest BCUT2D eigenvalue weighted by Crippen LogP contribution is -2.37. The van der Waals surface area contributed by atoms with Crippen molar-refractivity contribution in [2.45, 2.75) is 0 Å². The Balaban J connectivity index is 1.56. The van der Waals surface area contributed by atoms with Crippen LogP contribution in [0.25, 0.3) is 0 Å². The number of morpholine rings is 1. The standard InChI is InChI=1S/C20H18BrFN8O3/c21-16-6-1-13(11-17(16)30(31)32)12-23-28-19-25-18(24-15-4-2-14(22)3-5-15)26-20(27-19)29-7-9-33-10-8-29/h1-6,11-12H,7-10H2,(H2,24,25,26,27,28). The Morgan fingerprint density at radius 2 is 1.85 bits per heavy atom. The molecule has 1 aliphatic rings. The molecule has 1 aromatic heterocycles. The van der Waals surface area contributed by atoms with Crippen LogP contribution in [0.2, 0.25) is 0 Å². The van der Waals surface area contributed by atoms with Crippen LogP contribution in [0.15, 0.2) is 52.0 Å². The van der Waals surface area contributed by atoms with Crippen LogP contribution in [-0.2, 0) is 4.74 Å². The number of rotatable bonds is 7. The minimum absolute atomic E-state index is 0.0699. The number of nitro benzene ring substituents is 1. The van der Waals surface area contributed by atoms with E-state index >= 15 is 0 Å². The van der Waals surface area contributed by atoms with Gasteiger partial charge in [-0.3, -0.25) is 10.1 Å². The van der Waals surface area contributed by atoms with Crippen LogP contribution in [0.4, 0.5) is 33.6 Å². The van der Waals surface area contributed by atoms with E-state index in [4.69, 9.17) is 4.74 Å². The fourth-order valence-corrected chi connectivity index (χ4v) is 3.34. The molecule has 1 aliphatic heterocycles. The molecule has 0 bridgehead atoms. The minimum atomic E-state index is -0.483. The van der Waals surface area contributed by atoms with Crippen molar-refractivity contribution in [3.05, 3.63) is 68.4 Å². The molecule has 0 atom stereocenters. The second kappa shape index (κ2) is 10.3. The van der Waals surface area contributed by atoms with Gasteiger partial charge in [-0.15, -0.1) is 0 Å². The van der Waals surface area contributed by atoms with Gasteiger partial charge in [0.05, 0.1) is 28.8 Å². The number of nitro groups is 1. The summed E-state index contributed by atoms with van der Waals surface area (Å²) < 4.78 is 19.0. The van der Waals surface area contributed by atoms with Crippen molar-refractivity contribution in [3.8, 4) is 0 Å². The van der Waals surface area contributed by atoms with E-state index in [9.17, 15) is 14.5 Å². The molecule has 0 aliphatic carbocycles. The highest BCUT2D eigenvalue weighted by Crippen LogP contribution is 2.25. The van der Waals surface area contributed by atoms with E-state index in [1.807, 2.05) is 4.90 Å². The summed E-state index contributed by atoms with van der Waals surface area (Å²) in [5.74, 6) is 0.485. The first-order valence-corrected chi connectivity index (χ1v) is 10.6. The van der Waals surface area contributed by atoms with Crippen molar-refractivity contribution in [3.63, 3.8) is 0 Å². The van der Waals surface area contributed by atoms with Crippen LogP contribution in [0, 0.1) is 15.9 Å². The number of hydrogen-bond donors (Lipinski definition) is 2. The molecular weight excluding hydrogens is 499 g/mol. The highest BCUT2D eigenvalue weighted by molar-refractivity contribution is 9.10. The fraction of sp³-hybridized carbons (Fsp3) is 0.200. The number of hydrazone groups is 1. The maximum atomic E-state index is 13.2. The van der Waals surface area contributed by atoms with Crippen molar-refractivity contribution in [2.24, 2.45) is 5.10 Å². The number of hydrogen-bond acceptors (Lipinski definition) is 10. The number of aromatic nitrogens is 3. The maximum absolute atomic E-state index is 13.2. The van der Waals surface area contributed by atoms with Crippen molar-refractivity contribution in [1.29, 1.82) is 0 Å². The van der Waals surface area contributed by atoms with Gasteiger partial charge in [0.2, 0.25) is 17.8 Å². The van der Waals surface area contributed by atoms with Crippen molar-refractivity contribution >= 4 is 51.4 Å². The zero-order valence-corrected chi connectivity index (χ0v) is 18.7. The molecule has 2 aromatic carbocycles. The van der Waals surface area contributed by atoms with Gasteiger partial charge in [-0.25, -0.2) is 9.82 Å². The minimum Gasteiger partial charge on any atom is -0.378 e. The predicted molar refractivity (Wildman–Crippen MR) is 125 cm³/mol. The lowest BCUT2D eigenvalue weighted by molar-refractivity contribution is -0.385. The van der Waals surface area contributed by atoms with Gasteiger partial charge in [0, 0.05) is 30.4 Å². The molecule has 0 amide bonds. The van der Waals surface area contributed by atoms with E-state index in [0.29, 0.717) is 48.0 Å². The number of halogens is 2. The zero-order valence-electron chi connectivity index (χ0n) is 17.1. The largest absolute Gasteiger partial charge is 0.378 e. The first-order chi connectivity index (χ1) is 16.0. The summed E-state index contributed by atoms with van der Waals surface area (Å²) in [6.07, 6.45) is 1.42. The molecule has 1 fully saturated rings.